The summed E-state index contributed by atoms with van der Waals surface area (Å²) in [5.41, 5.74) is 1.66. The van der Waals surface area contributed by atoms with Crippen LogP contribution in [-0.2, 0) is 4.74 Å². The molecule has 4 rings (SSSR count). The summed E-state index contributed by atoms with van der Waals surface area (Å²) in [6.45, 7) is 4.67. The summed E-state index contributed by atoms with van der Waals surface area (Å²) in [4.78, 5) is 0. The minimum atomic E-state index is -4.64. The molecule has 1 aromatic rings. The highest BCUT2D eigenvalue weighted by Gasteiger charge is 2.33. The van der Waals surface area contributed by atoms with E-state index in [1.165, 1.54) is 6.42 Å². The molecule has 0 radical (unpaired) electrons. The fraction of sp³-hybridized carbons (Fsp3) is 0.667. The zero-order valence-electron chi connectivity index (χ0n) is 21.0. The average Bonchev–Trinajstić information content (AvgIpc) is 2.87. The second-order valence-corrected chi connectivity index (χ2v) is 11.2. The van der Waals surface area contributed by atoms with Gasteiger partial charge in [-0.1, -0.05) is 18.2 Å². The van der Waals surface area contributed by atoms with Crippen molar-refractivity contribution in [3.8, 4) is 0 Å². The van der Waals surface area contributed by atoms with Crippen molar-refractivity contribution in [2.45, 2.75) is 101 Å². The van der Waals surface area contributed by atoms with E-state index in [0.29, 0.717) is 55.1 Å². The van der Waals surface area contributed by atoms with Crippen LogP contribution in [0.15, 0.2) is 42.8 Å². The van der Waals surface area contributed by atoms with E-state index in [4.69, 9.17) is 4.74 Å². The van der Waals surface area contributed by atoms with Crippen LogP contribution in [0.25, 0.3) is 0 Å². The fourth-order valence-corrected chi connectivity index (χ4v) is 6.69. The topological polar surface area (TPSA) is 9.23 Å². The third-order valence-electron chi connectivity index (χ3n) is 8.84. The number of hydrogen-bond acceptors (Lipinski definition) is 1. The van der Waals surface area contributed by atoms with Crippen molar-refractivity contribution in [1.29, 1.82) is 0 Å². The van der Waals surface area contributed by atoms with E-state index in [1.807, 2.05) is 18.2 Å². The van der Waals surface area contributed by atoms with E-state index < -0.39 is 17.9 Å². The van der Waals surface area contributed by atoms with Crippen molar-refractivity contribution in [2.24, 2.45) is 17.8 Å². The van der Waals surface area contributed by atoms with Gasteiger partial charge in [0.25, 0.3) is 0 Å². The molecule has 6 heteroatoms. The van der Waals surface area contributed by atoms with Crippen molar-refractivity contribution in [1.82, 2.24) is 0 Å². The Bertz CT molecular complexity index is 883. The van der Waals surface area contributed by atoms with Gasteiger partial charge in [0, 0.05) is 12.5 Å². The third kappa shape index (κ3) is 7.20. The fourth-order valence-electron chi connectivity index (χ4n) is 6.69. The minimum Gasteiger partial charge on any atom is -0.378 e. The summed E-state index contributed by atoms with van der Waals surface area (Å²) in [6, 6.07) is 5.55. The second-order valence-electron chi connectivity index (χ2n) is 11.2. The Labute approximate surface area is 212 Å². The van der Waals surface area contributed by atoms with Crippen molar-refractivity contribution < 1.29 is 26.7 Å². The molecule has 36 heavy (non-hydrogen) atoms. The molecule has 0 aromatic heterocycles. The maximum absolute atomic E-state index is 15.1. The van der Waals surface area contributed by atoms with Gasteiger partial charge in [0.05, 0.1) is 12.2 Å². The van der Waals surface area contributed by atoms with Crippen molar-refractivity contribution in [3.63, 3.8) is 0 Å². The molecule has 1 nitrogen and oxygen atoms in total. The standard InChI is InChI=1S/C30H39F5O/c1-2-3-4-20-5-16-29(36-19-20)24-12-6-21(7-13-24)25-14-15-26(27(31)17-25)22-8-10-23(11-9-22)28(32)18-30(33,34)35/h2,14-15,17-18,20-24,29H,1,3-13,16,19H2. The zero-order chi connectivity index (χ0) is 25.7. The van der Waals surface area contributed by atoms with E-state index >= 15 is 4.39 Å². The Balaban J connectivity index is 1.26. The SMILES string of the molecule is C=CCCC1CCC(C2CCC(c3ccc(C4CCC(C(F)=CC(F)(F)F)CC4)c(F)c3)CC2)OC1. The molecule has 1 saturated heterocycles. The van der Waals surface area contributed by atoms with Crippen molar-refractivity contribution in [3.05, 3.63) is 59.7 Å². The third-order valence-corrected chi connectivity index (χ3v) is 8.84. The summed E-state index contributed by atoms with van der Waals surface area (Å²) in [5.74, 6) is -0.514. The molecule has 200 valence electrons. The number of alkyl halides is 3. The quantitative estimate of drug-likeness (QED) is 0.262. The Morgan fingerprint density at radius 1 is 0.944 bits per heavy atom. The lowest BCUT2D eigenvalue weighted by Crippen LogP contribution is -2.34. The molecular weight excluding hydrogens is 471 g/mol. The van der Waals surface area contributed by atoms with E-state index in [0.717, 1.165) is 57.1 Å². The molecule has 0 spiro atoms. The van der Waals surface area contributed by atoms with E-state index in [2.05, 4.69) is 6.58 Å². The first-order chi connectivity index (χ1) is 17.2. The summed E-state index contributed by atoms with van der Waals surface area (Å²) in [5, 5.41) is 0. The Morgan fingerprint density at radius 2 is 1.64 bits per heavy atom. The molecule has 3 aliphatic rings. The van der Waals surface area contributed by atoms with E-state index in [-0.39, 0.29) is 17.8 Å². The van der Waals surface area contributed by atoms with Crippen LogP contribution < -0.4 is 0 Å². The smallest absolute Gasteiger partial charge is 0.378 e. The highest BCUT2D eigenvalue weighted by molar-refractivity contribution is 5.30. The first-order valence-electron chi connectivity index (χ1n) is 13.7. The summed E-state index contributed by atoms with van der Waals surface area (Å²) < 4.78 is 72.6. The Morgan fingerprint density at radius 3 is 2.22 bits per heavy atom. The minimum absolute atomic E-state index is 0.0662. The van der Waals surface area contributed by atoms with Crippen LogP contribution in [0.3, 0.4) is 0 Å². The number of benzene rings is 1. The molecule has 2 aliphatic carbocycles. The first-order valence-corrected chi connectivity index (χ1v) is 13.7. The Kier molecular flexibility index (Phi) is 9.29. The molecule has 2 unspecified atom stereocenters. The zero-order valence-corrected chi connectivity index (χ0v) is 21.0. The lowest BCUT2D eigenvalue weighted by molar-refractivity contribution is -0.0820. The molecule has 0 N–H and O–H groups in total. The summed E-state index contributed by atoms with van der Waals surface area (Å²) in [7, 11) is 0. The lowest BCUT2D eigenvalue weighted by atomic mass is 9.74. The van der Waals surface area contributed by atoms with Gasteiger partial charge in [-0.2, -0.15) is 13.2 Å². The van der Waals surface area contributed by atoms with Crippen LogP contribution >= 0.6 is 0 Å². The van der Waals surface area contributed by atoms with Gasteiger partial charge in [-0.05, 0) is 118 Å². The van der Waals surface area contributed by atoms with Crippen LogP contribution in [0.5, 0.6) is 0 Å². The van der Waals surface area contributed by atoms with Gasteiger partial charge < -0.3 is 4.74 Å². The van der Waals surface area contributed by atoms with Crippen LogP contribution in [0.1, 0.15) is 100 Å². The number of halogens is 5. The molecular formula is C30H39F5O. The number of hydrogen-bond donors (Lipinski definition) is 0. The van der Waals surface area contributed by atoms with E-state index in [9.17, 15) is 17.6 Å². The van der Waals surface area contributed by atoms with Crippen LogP contribution in [-0.4, -0.2) is 18.9 Å². The van der Waals surface area contributed by atoms with Crippen molar-refractivity contribution in [2.75, 3.05) is 6.61 Å². The predicted molar refractivity (Wildman–Crippen MR) is 133 cm³/mol. The van der Waals surface area contributed by atoms with Crippen molar-refractivity contribution >= 4 is 0 Å². The highest BCUT2D eigenvalue weighted by atomic mass is 19.4. The lowest BCUT2D eigenvalue weighted by Gasteiger charge is -2.38. The Hall–Kier alpha value is -1.69. The van der Waals surface area contributed by atoms with Gasteiger partial charge in [0.1, 0.15) is 11.6 Å². The molecule has 2 atom stereocenters. The molecule has 1 aromatic carbocycles. The van der Waals surface area contributed by atoms with Gasteiger partial charge in [-0.15, -0.1) is 6.58 Å². The molecule has 1 aliphatic heterocycles. The maximum Gasteiger partial charge on any atom is 0.412 e. The highest BCUT2D eigenvalue weighted by Crippen LogP contribution is 2.43. The maximum atomic E-state index is 15.1. The second kappa shape index (κ2) is 12.2. The molecule has 2 saturated carbocycles. The van der Waals surface area contributed by atoms with Gasteiger partial charge in [0.2, 0.25) is 0 Å². The van der Waals surface area contributed by atoms with Gasteiger partial charge in [-0.25, -0.2) is 8.78 Å². The molecule has 3 fully saturated rings. The number of ether oxygens (including phenoxy) is 1. The van der Waals surface area contributed by atoms with Crippen LogP contribution in [0.2, 0.25) is 0 Å². The largest absolute Gasteiger partial charge is 0.412 e. The summed E-state index contributed by atoms with van der Waals surface area (Å²) >= 11 is 0. The van der Waals surface area contributed by atoms with Gasteiger partial charge >= 0.3 is 6.18 Å². The van der Waals surface area contributed by atoms with Crippen LogP contribution in [0.4, 0.5) is 22.0 Å². The number of allylic oxidation sites excluding steroid dienone is 3. The average molecular weight is 511 g/mol. The molecule has 1 heterocycles. The first kappa shape index (κ1) is 27.3. The predicted octanol–water partition coefficient (Wildman–Crippen LogP) is 9.55. The van der Waals surface area contributed by atoms with Gasteiger partial charge in [-0.3, -0.25) is 0 Å². The molecule has 0 bridgehead atoms. The van der Waals surface area contributed by atoms with Crippen LogP contribution in [0, 0.1) is 23.6 Å². The normalized spacial score (nSPS) is 32.3. The summed E-state index contributed by atoms with van der Waals surface area (Å²) in [6.07, 6.45) is 7.98. The molecule has 0 amide bonds. The van der Waals surface area contributed by atoms with Gasteiger partial charge in [0.15, 0.2) is 0 Å². The number of rotatable bonds is 7. The monoisotopic (exact) mass is 510 g/mol. The van der Waals surface area contributed by atoms with E-state index in [1.54, 1.807) is 6.07 Å².